The number of hydrogen-bond acceptors (Lipinski definition) is 7. The number of nitrogens with zero attached hydrogens (tertiary/aromatic N) is 4. The average molecular weight is 456 g/mol. The van der Waals surface area contributed by atoms with Gasteiger partial charge in [-0.05, 0) is 55.5 Å². The fraction of sp³-hybridized carbons (Fsp3) is 0.409. The molecule has 1 atom stereocenters. The Balaban J connectivity index is 1.24. The summed E-state index contributed by atoms with van der Waals surface area (Å²) < 4.78 is 7.62. The second kappa shape index (κ2) is 9.02. The summed E-state index contributed by atoms with van der Waals surface area (Å²) in [6, 6.07) is 12.6. The fourth-order valence-corrected chi connectivity index (χ4v) is 5.25. The second-order valence-electron chi connectivity index (χ2n) is 7.78. The molecule has 1 saturated heterocycles. The number of nitrogens with one attached hydrogen (secondary N) is 1. The molecule has 0 radical (unpaired) electrons. The van der Waals surface area contributed by atoms with Gasteiger partial charge in [0.05, 0.1) is 23.3 Å². The molecule has 1 aliphatic carbocycles. The Hall–Kier alpha value is -2.36. The van der Waals surface area contributed by atoms with Gasteiger partial charge in [0.2, 0.25) is 5.91 Å². The van der Waals surface area contributed by atoms with E-state index in [0.29, 0.717) is 6.04 Å². The Morgan fingerprint density at radius 1 is 1.19 bits per heavy atom. The number of carbonyl (C=O) groups excluding carboxylic acids is 1. The molecule has 9 heteroatoms. The van der Waals surface area contributed by atoms with Crippen LogP contribution in [0.4, 0.5) is 11.4 Å². The molecular weight excluding hydrogens is 430 g/mol. The lowest BCUT2D eigenvalue weighted by atomic mass is 10.2. The molecule has 1 saturated carbocycles. The Morgan fingerprint density at radius 2 is 1.97 bits per heavy atom. The molecule has 5 rings (SSSR count). The van der Waals surface area contributed by atoms with Gasteiger partial charge in [-0.2, -0.15) is 0 Å². The maximum Gasteiger partial charge on any atom is 0.237 e. The van der Waals surface area contributed by atoms with Crippen LogP contribution in [0.25, 0.3) is 10.7 Å². The Kier molecular flexibility index (Phi) is 5.97. The Labute approximate surface area is 189 Å². The molecule has 1 N–H and O–H groups in total. The number of rotatable bonds is 7. The van der Waals surface area contributed by atoms with E-state index in [1.807, 2.05) is 25.1 Å². The smallest absolute Gasteiger partial charge is 0.237 e. The summed E-state index contributed by atoms with van der Waals surface area (Å²) in [7, 11) is 0. The average Bonchev–Trinajstić information content (AvgIpc) is 3.32. The molecule has 0 spiro atoms. The maximum atomic E-state index is 12.8. The number of morpholine rings is 1. The van der Waals surface area contributed by atoms with E-state index in [0.717, 1.165) is 66.4 Å². The van der Waals surface area contributed by atoms with Crippen molar-refractivity contribution in [2.75, 3.05) is 36.5 Å². The van der Waals surface area contributed by atoms with E-state index in [1.54, 1.807) is 11.3 Å². The lowest BCUT2D eigenvalue weighted by Crippen LogP contribution is -2.36. The van der Waals surface area contributed by atoms with Crippen molar-refractivity contribution in [1.29, 1.82) is 0 Å². The van der Waals surface area contributed by atoms with Crippen LogP contribution < -0.4 is 10.2 Å². The van der Waals surface area contributed by atoms with Gasteiger partial charge in [-0.3, -0.25) is 9.36 Å². The van der Waals surface area contributed by atoms with E-state index in [4.69, 9.17) is 4.74 Å². The highest BCUT2D eigenvalue weighted by Crippen LogP contribution is 2.42. The quantitative estimate of drug-likeness (QED) is 0.536. The van der Waals surface area contributed by atoms with Crippen molar-refractivity contribution in [3.05, 3.63) is 41.8 Å². The van der Waals surface area contributed by atoms with Gasteiger partial charge in [0, 0.05) is 30.5 Å². The molecule has 2 aliphatic rings. The molecular formula is C22H25N5O2S2. The van der Waals surface area contributed by atoms with Gasteiger partial charge in [-0.15, -0.1) is 21.5 Å². The van der Waals surface area contributed by atoms with Gasteiger partial charge in [0.15, 0.2) is 11.0 Å². The normalized spacial score (nSPS) is 17.5. The van der Waals surface area contributed by atoms with Gasteiger partial charge < -0.3 is 15.0 Å². The number of anilines is 2. The maximum absolute atomic E-state index is 12.8. The van der Waals surface area contributed by atoms with E-state index in [-0.39, 0.29) is 11.2 Å². The lowest BCUT2D eigenvalue weighted by molar-refractivity contribution is -0.115. The van der Waals surface area contributed by atoms with Crippen molar-refractivity contribution in [3.63, 3.8) is 0 Å². The standard InChI is InChI=1S/C22H25N5O2S2/c1-15(21(28)23-16-4-6-17(7-5-16)26-10-12-29-13-11-26)31-22-25-24-20(19-3-2-14-30-19)27(22)18-8-9-18/h2-7,14-15,18H,8-13H2,1H3,(H,23,28)/t15-/m1/s1. The summed E-state index contributed by atoms with van der Waals surface area (Å²) in [6.45, 7) is 5.22. The number of thioether (sulfide) groups is 1. The summed E-state index contributed by atoms with van der Waals surface area (Å²) >= 11 is 3.13. The van der Waals surface area contributed by atoms with Crippen molar-refractivity contribution in [2.45, 2.75) is 36.2 Å². The first-order valence-electron chi connectivity index (χ1n) is 10.6. The van der Waals surface area contributed by atoms with Crippen LogP contribution in [0.1, 0.15) is 25.8 Å². The zero-order chi connectivity index (χ0) is 21.2. The van der Waals surface area contributed by atoms with Crippen LogP contribution in [-0.4, -0.2) is 52.2 Å². The lowest BCUT2D eigenvalue weighted by Gasteiger charge is -2.28. The number of ether oxygens (including phenoxy) is 1. The molecule has 31 heavy (non-hydrogen) atoms. The molecule has 162 valence electrons. The highest BCUT2D eigenvalue weighted by atomic mass is 32.2. The predicted octanol–water partition coefficient (Wildman–Crippen LogP) is 4.30. The summed E-state index contributed by atoms with van der Waals surface area (Å²) in [5.41, 5.74) is 1.96. The predicted molar refractivity (Wildman–Crippen MR) is 125 cm³/mol. The van der Waals surface area contributed by atoms with E-state index in [9.17, 15) is 4.79 Å². The van der Waals surface area contributed by atoms with Crippen molar-refractivity contribution in [1.82, 2.24) is 14.8 Å². The number of aromatic nitrogens is 3. The molecule has 3 heterocycles. The summed E-state index contributed by atoms with van der Waals surface area (Å²) in [5, 5.41) is 14.5. The van der Waals surface area contributed by atoms with Crippen molar-refractivity contribution < 1.29 is 9.53 Å². The minimum atomic E-state index is -0.281. The first kappa shape index (κ1) is 20.5. The summed E-state index contributed by atoms with van der Waals surface area (Å²) in [4.78, 5) is 16.2. The highest BCUT2D eigenvalue weighted by molar-refractivity contribution is 8.00. The van der Waals surface area contributed by atoms with Gasteiger partial charge >= 0.3 is 0 Å². The van der Waals surface area contributed by atoms with Crippen LogP contribution in [0, 0.1) is 0 Å². The van der Waals surface area contributed by atoms with Crippen LogP contribution in [0.3, 0.4) is 0 Å². The van der Waals surface area contributed by atoms with Gasteiger partial charge in [-0.25, -0.2) is 0 Å². The van der Waals surface area contributed by atoms with Gasteiger partial charge in [-0.1, -0.05) is 17.8 Å². The van der Waals surface area contributed by atoms with Crippen molar-refractivity contribution in [3.8, 4) is 10.7 Å². The van der Waals surface area contributed by atoms with E-state index < -0.39 is 0 Å². The third-order valence-corrected chi connectivity index (χ3v) is 7.40. The number of carbonyl (C=O) groups is 1. The Morgan fingerprint density at radius 3 is 2.65 bits per heavy atom. The SMILES string of the molecule is C[C@@H](Sc1nnc(-c2cccs2)n1C1CC1)C(=O)Nc1ccc(N2CCOCC2)cc1. The summed E-state index contributed by atoms with van der Waals surface area (Å²) in [6.07, 6.45) is 2.28. The highest BCUT2D eigenvalue weighted by Gasteiger charge is 2.31. The summed E-state index contributed by atoms with van der Waals surface area (Å²) in [5.74, 6) is 0.874. The molecule has 2 fully saturated rings. The number of benzene rings is 1. The van der Waals surface area contributed by atoms with Crippen LogP contribution in [0.5, 0.6) is 0 Å². The molecule has 1 aromatic carbocycles. The zero-order valence-electron chi connectivity index (χ0n) is 17.4. The Bertz CT molecular complexity index is 1020. The van der Waals surface area contributed by atoms with Crippen LogP contribution in [-0.2, 0) is 9.53 Å². The molecule has 7 nitrogen and oxygen atoms in total. The third kappa shape index (κ3) is 4.63. The number of hydrogen-bond donors (Lipinski definition) is 1. The van der Waals surface area contributed by atoms with Crippen LogP contribution in [0.2, 0.25) is 0 Å². The van der Waals surface area contributed by atoms with Gasteiger partial charge in [0.25, 0.3) is 0 Å². The van der Waals surface area contributed by atoms with Crippen molar-refractivity contribution in [2.24, 2.45) is 0 Å². The third-order valence-electron chi connectivity index (χ3n) is 5.48. The first-order valence-corrected chi connectivity index (χ1v) is 12.3. The second-order valence-corrected chi connectivity index (χ2v) is 10.0. The van der Waals surface area contributed by atoms with Crippen molar-refractivity contribution >= 4 is 40.4 Å². The zero-order valence-corrected chi connectivity index (χ0v) is 19.0. The number of amides is 1. The van der Waals surface area contributed by atoms with Crippen LogP contribution >= 0.6 is 23.1 Å². The molecule has 1 amide bonds. The largest absolute Gasteiger partial charge is 0.378 e. The number of thiophene rings is 1. The molecule has 1 aliphatic heterocycles. The molecule has 0 unspecified atom stereocenters. The van der Waals surface area contributed by atoms with E-state index in [1.165, 1.54) is 11.8 Å². The van der Waals surface area contributed by atoms with Crippen LogP contribution in [0.15, 0.2) is 46.9 Å². The topological polar surface area (TPSA) is 72.3 Å². The fourth-order valence-electron chi connectivity index (χ4n) is 3.63. The molecule has 3 aromatic rings. The van der Waals surface area contributed by atoms with E-state index >= 15 is 0 Å². The van der Waals surface area contributed by atoms with E-state index in [2.05, 4.69) is 48.6 Å². The minimum absolute atomic E-state index is 0.0351. The molecule has 0 bridgehead atoms. The first-order chi connectivity index (χ1) is 15.2. The minimum Gasteiger partial charge on any atom is -0.378 e. The monoisotopic (exact) mass is 455 g/mol. The van der Waals surface area contributed by atoms with Gasteiger partial charge in [0.1, 0.15) is 0 Å². The molecule has 2 aromatic heterocycles.